The van der Waals surface area contributed by atoms with Crippen LogP contribution in [0.2, 0.25) is 0 Å². The second kappa shape index (κ2) is 21.8. The molecule has 4 N–H and O–H groups in total. The number of aromatic amines is 2. The molecule has 0 unspecified atom stereocenters. The molecule has 1 saturated carbocycles. The topological polar surface area (TPSA) is 180 Å². The molecule has 4 aromatic heterocycles. The minimum absolute atomic E-state index is 0.127. The lowest BCUT2D eigenvalue weighted by Crippen LogP contribution is -2.47. The van der Waals surface area contributed by atoms with E-state index in [-0.39, 0.29) is 17.0 Å². The van der Waals surface area contributed by atoms with E-state index >= 15 is 0 Å². The molecule has 1 aliphatic carbocycles. The lowest BCUT2D eigenvalue weighted by Gasteiger charge is -2.34. The van der Waals surface area contributed by atoms with Gasteiger partial charge in [-0.15, -0.1) is 0 Å². The average molecular weight is 1020 g/mol. The molecule has 11 rings (SSSR count). The molecule has 0 radical (unpaired) electrons. The van der Waals surface area contributed by atoms with Crippen LogP contribution in [0.1, 0.15) is 75.1 Å². The molecule has 3 aliphatic rings. The summed E-state index contributed by atoms with van der Waals surface area (Å²) in [7, 11) is 4.17. The van der Waals surface area contributed by atoms with Crippen molar-refractivity contribution < 1.29 is 24.6 Å². The zero-order valence-electron chi connectivity index (χ0n) is 43.9. The van der Waals surface area contributed by atoms with E-state index in [9.17, 15) is 34.2 Å². The van der Waals surface area contributed by atoms with Gasteiger partial charge < -0.3 is 34.2 Å². The van der Waals surface area contributed by atoms with Gasteiger partial charge in [-0.25, -0.2) is 9.59 Å². The SMILES string of the molecule is CCc1cc(C(=O)O)c(=O)[nH]c1-c1ccc2c(c1)cc(CN1CCN(C(C)=O)CC1)n2C.CCc1cc(C(=O)O)c(=O)[nH]c1-c1ccc2c(c1)cc(CN1C[C@@H]3[C@H](C1)[C@H]3N(Cc1ccccc1)Cc1ccccc1)n2C. The van der Waals surface area contributed by atoms with Crippen molar-refractivity contribution in [2.24, 2.45) is 25.9 Å². The Labute approximate surface area is 441 Å². The first kappa shape index (κ1) is 51.6. The number of carbonyl (C=O) groups is 3. The molecule has 15 heteroatoms. The Morgan fingerprint density at radius 2 is 1.01 bits per heavy atom. The molecule has 0 spiro atoms. The van der Waals surface area contributed by atoms with Crippen molar-refractivity contribution >= 4 is 39.7 Å². The number of piperazine rings is 1. The Kier molecular flexibility index (Phi) is 14.8. The molecule has 1 amide bonds. The van der Waals surface area contributed by atoms with Crippen LogP contribution in [0, 0.1) is 11.8 Å². The maximum atomic E-state index is 12.5. The molecule has 15 nitrogen and oxygen atoms in total. The van der Waals surface area contributed by atoms with Crippen molar-refractivity contribution in [3.05, 3.63) is 187 Å². The first-order chi connectivity index (χ1) is 36.7. The predicted molar refractivity (Wildman–Crippen MR) is 296 cm³/mol. The van der Waals surface area contributed by atoms with Gasteiger partial charge in [-0.05, 0) is 107 Å². The molecule has 6 heterocycles. The van der Waals surface area contributed by atoms with E-state index in [4.69, 9.17) is 0 Å². The van der Waals surface area contributed by atoms with Gasteiger partial charge in [-0.1, -0.05) is 86.6 Å². The summed E-state index contributed by atoms with van der Waals surface area (Å²) in [6.45, 7) is 14.6. The van der Waals surface area contributed by atoms with Crippen LogP contribution in [-0.2, 0) is 57.9 Å². The number of carbonyl (C=O) groups excluding carboxylic acids is 1. The van der Waals surface area contributed by atoms with Crippen LogP contribution in [0.15, 0.2) is 131 Å². The Balaban J connectivity index is 0.000000182. The van der Waals surface area contributed by atoms with E-state index < -0.39 is 23.1 Å². The largest absolute Gasteiger partial charge is 0.477 e. The summed E-state index contributed by atoms with van der Waals surface area (Å²) >= 11 is 0. The number of piperidine rings is 1. The molecule has 2 saturated heterocycles. The van der Waals surface area contributed by atoms with E-state index in [2.05, 4.69) is 126 Å². The molecule has 8 aromatic rings. The van der Waals surface area contributed by atoms with Crippen molar-refractivity contribution in [3.8, 4) is 22.5 Å². The zero-order chi connectivity index (χ0) is 53.4. The smallest absolute Gasteiger partial charge is 0.341 e. The standard InChI is InChI=1S/C37H38N4O3.C24H28N4O4/c1-3-26-18-30(37(43)44)36(42)38-34(26)27-14-15-33-28(16-27)17-29(39(33)2)21-40-22-31-32(23-40)35(31)41(19-24-10-6-4-7-11-24)20-25-12-8-5-9-13-25;1-4-16-13-20(24(31)32)23(30)25-22(16)17-5-6-21-18(11-17)12-19(26(21)3)14-27-7-9-28(10-8-27)15(2)29/h4-18,31-32,35H,3,19-23H2,1-2H3,(H,38,42)(H,43,44);5-6,11-13H,4,7-10,14H2,1-3H3,(H,25,30)(H,31,32)/t31-,32+,35+;. The van der Waals surface area contributed by atoms with E-state index in [0.29, 0.717) is 42.1 Å². The van der Waals surface area contributed by atoms with Crippen molar-refractivity contribution in [1.29, 1.82) is 0 Å². The van der Waals surface area contributed by atoms with Crippen LogP contribution in [0.25, 0.3) is 44.3 Å². The Morgan fingerprint density at radius 1 is 0.579 bits per heavy atom. The van der Waals surface area contributed by atoms with Gasteiger partial charge in [-0.3, -0.25) is 29.1 Å². The van der Waals surface area contributed by atoms with Crippen LogP contribution in [0.5, 0.6) is 0 Å². The van der Waals surface area contributed by atoms with Crippen molar-refractivity contribution in [1.82, 2.24) is 38.7 Å². The Morgan fingerprint density at radius 3 is 1.42 bits per heavy atom. The first-order valence-electron chi connectivity index (χ1n) is 26.4. The fraction of sp³-hybridized carbons (Fsp3) is 0.328. The molecule has 392 valence electrons. The van der Waals surface area contributed by atoms with E-state index in [1.807, 2.05) is 50.1 Å². The van der Waals surface area contributed by atoms with Gasteiger partial charge in [0, 0.05) is 126 Å². The summed E-state index contributed by atoms with van der Waals surface area (Å²) < 4.78 is 4.45. The maximum Gasteiger partial charge on any atom is 0.341 e. The third kappa shape index (κ3) is 10.7. The summed E-state index contributed by atoms with van der Waals surface area (Å²) in [5.74, 6) is -0.910. The number of amides is 1. The number of nitrogens with one attached hydrogen (secondary N) is 2. The minimum Gasteiger partial charge on any atom is -0.477 e. The molecule has 2 aliphatic heterocycles. The van der Waals surface area contributed by atoms with Gasteiger partial charge in [0.15, 0.2) is 0 Å². The number of nitrogens with zero attached hydrogens (tertiary/aromatic N) is 6. The number of aryl methyl sites for hydroxylation is 4. The van der Waals surface area contributed by atoms with E-state index in [1.165, 1.54) is 34.6 Å². The molecule has 0 bridgehead atoms. The summed E-state index contributed by atoms with van der Waals surface area (Å²) in [5.41, 5.74) is 10.5. The van der Waals surface area contributed by atoms with Gasteiger partial charge in [0.2, 0.25) is 5.91 Å². The predicted octanol–water partition coefficient (Wildman–Crippen LogP) is 8.39. The molecule has 3 atom stereocenters. The first-order valence-corrected chi connectivity index (χ1v) is 26.4. The Hall–Kier alpha value is -7.85. The average Bonchev–Trinajstić information content (AvgIpc) is 3.68. The second-order valence-electron chi connectivity index (χ2n) is 20.7. The van der Waals surface area contributed by atoms with Gasteiger partial charge in [-0.2, -0.15) is 0 Å². The minimum atomic E-state index is -1.22. The number of pyridine rings is 2. The highest BCUT2D eigenvalue weighted by atomic mass is 16.4. The summed E-state index contributed by atoms with van der Waals surface area (Å²) in [6, 6.07) is 41.9. The fourth-order valence-electron chi connectivity index (χ4n) is 11.8. The second-order valence-corrected chi connectivity index (χ2v) is 20.7. The Bertz CT molecular complexity index is 3540. The molecular weight excluding hydrogens is 957 g/mol. The third-order valence-corrected chi connectivity index (χ3v) is 16.0. The zero-order valence-corrected chi connectivity index (χ0v) is 43.9. The highest BCUT2D eigenvalue weighted by Crippen LogP contribution is 2.50. The third-order valence-electron chi connectivity index (χ3n) is 16.0. The molecular formula is C61H66N8O7. The van der Waals surface area contributed by atoms with Crippen molar-refractivity contribution in [2.45, 2.75) is 65.8 Å². The highest BCUT2D eigenvalue weighted by Gasteiger charge is 2.58. The summed E-state index contributed by atoms with van der Waals surface area (Å²) in [5, 5.41) is 20.8. The number of fused-ring (bicyclic) bond motifs is 3. The summed E-state index contributed by atoms with van der Waals surface area (Å²) in [6.07, 6.45) is 1.23. The van der Waals surface area contributed by atoms with Crippen LogP contribution in [0.4, 0.5) is 0 Å². The number of H-pyrrole nitrogens is 2. The number of carboxylic acids is 2. The van der Waals surface area contributed by atoms with E-state index in [0.717, 1.165) is 110 Å². The van der Waals surface area contributed by atoms with E-state index in [1.54, 1.807) is 6.92 Å². The van der Waals surface area contributed by atoms with Gasteiger partial charge in [0.1, 0.15) is 11.1 Å². The molecule has 3 fully saturated rings. The molecule has 76 heavy (non-hydrogen) atoms. The van der Waals surface area contributed by atoms with Gasteiger partial charge in [0.05, 0.1) is 11.4 Å². The number of rotatable bonds is 15. The highest BCUT2D eigenvalue weighted by molar-refractivity contribution is 5.91. The van der Waals surface area contributed by atoms with Crippen LogP contribution in [-0.4, -0.2) is 112 Å². The van der Waals surface area contributed by atoms with Crippen molar-refractivity contribution in [3.63, 3.8) is 0 Å². The normalized spacial score (nSPS) is 17.5. The number of aromatic nitrogens is 4. The fourth-order valence-corrected chi connectivity index (χ4v) is 11.8. The number of benzene rings is 4. The molecule has 4 aromatic carbocycles. The van der Waals surface area contributed by atoms with Gasteiger partial charge in [0.25, 0.3) is 11.1 Å². The number of carboxylic acid groups (broad SMARTS) is 2. The monoisotopic (exact) mass is 1020 g/mol. The lowest BCUT2D eigenvalue weighted by atomic mass is 10.0. The summed E-state index contributed by atoms with van der Waals surface area (Å²) in [4.78, 5) is 74.2. The van der Waals surface area contributed by atoms with Crippen molar-refractivity contribution in [2.75, 3.05) is 39.3 Å². The number of hydrogen-bond acceptors (Lipinski definition) is 8. The van der Waals surface area contributed by atoms with Crippen LogP contribution >= 0.6 is 0 Å². The number of aromatic carboxylic acids is 2. The maximum absolute atomic E-state index is 12.5. The van der Waals surface area contributed by atoms with Crippen LogP contribution < -0.4 is 11.1 Å². The quantitative estimate of drug-likeness (QED) is 0.0780. The number of hydrogen-bond donors (Lipinski definition) is 4. The van der Waals surface area contributed by atoms with Crippen LogP contribution in [0.3, 0.4) is 0 Å². The van der Waals surface area contributed by atoms with Gasteiger partial charge >= 0.3 is 11.9 Å². The lowest BCUT2D eigenvalue weighted by molar-refractivity contribution is -0.130. The number of likely N-dealkylation sites (tertiary alicyclic amines) is 1.